The summed E-state index contributed by atoms with van der Waals surface area (Å²) in [6.07, 6.45) is -1.85. The first kappa shape index (κ1) is 16.1. The fourth-order valence-corrected chi connectivity index (χ4v) is 2.49. The second-order valence-electron chi connectivity index (χ2n) is 5.16. The molecule has 0 bridgehead atoms. The highest BCUT2D eigenvalue weighted by atomic mass is 19.4. The van der Waals surface area contributed by atoms with Gasteiger partial charge in [0.15, 0.2) is 0 Å². The Kier molecular flexibility index (Phi) is 4.91. The van der Waals surface area contributed by atoms with Gasteiger partial charge in [0.1, 0.15) is 6.42 Å². The minimum Gasteiger partial charge on any atom is -0.370 e. The SMILES string of the molecule is N#CCC(=O)Nc1cc(C(F)(F)F)ccc1N1CCCCC1. The number of hydrogen-bond donors (Lipinski definition) is 1. The number of nitrogens with zero attached hydrogens (tertiary/aromatic N) is 2. The Balaban J connectivity index is 2.34. The Bertz CT molecular complexity index is 587. The van der Waals surface area contributed by atoms with E-state index < -0.39 is 24.1 Å². The van der Waals surface area contributed by atoms with Crippen molar-refractivity contribution in [3.8, 4) is 6.07 Å². The lowest BCUT2D eigenvalue weighted by atomic mass is 10.1. The van der Waals surface area contributed by atoms with E-state index in [0.717, 1.165) is 44.5 Å². The molecule has 1 amide bonds. The number of carbonyl (C=O) groups is 1. The van der Waals surface area contributed by atoms with Gasteiger partial charge in [-0.1, -0.05) is 0 Å². The molecule has 1 saturated heterocycles. The largest absolute Gasteiger partial charge is 0.416 e. The van der Waals surface area contributed by atoms with Crippen LogP contribution in [0.5, 0.6) is 0 Å². The Morgan fingerprint density at radius 2 is 1.95 bits per heavy atom. The zero-order chi connectivity index (χ0) is 16.2. The van der Waals surface area contributed by atoms with Gasteiger partial charge in [-0.3, -0.25) is 4.79 Å². The fraction of sp³-hybridized carbons (Fsp3) is 0.467. The van der Waals surface area contributed by atoms with Crippen LogP contribution in [0, 0.1) is 11.3 Å². The topological polar surface area (TPSA) is 56.1 Å². The van der Waals surface area contributed by atoms with Crippen LogP contribution in [0.4, 0.5) is 24.5 Å². The average Bonchev–Trinajstić information content (AvgIpc) is 2.47. The van der Waals surface area contributed by atoms with Crippen molar-refractivity contribution in [2.24, 2.45) is 0 Å². The van der Waals surface area contributed by atoms with Gasteiger partial charge in [-0.05, 0) is 37.5 Å². The van der Waals surface area contributed by atoms with Gasteiger partial charge in [0, 0.05) is 13.1 Å². The van der Waals surface area contributed by atoms with E-state index in [1.807, 2.05) is 4.90 Å². The Morgan fingerprint density at radius 3 is 2.55 bits per heavy atom. The third-order valence-electron chi connectivity index (χ3n) is 3.53. The maximum absolute atomic E-state index is 12.8. The summed E-state index contributed by atoms with van der Waals surface area (Å²) < 4.78 is 38.5. The maximum atomic E-state index is 12.8. The van der Waals surface area contributed by atoms with Crippen LogP contribution < -0.4 is 10.2 Å². The molecule has 1 heterocycles. The van der Waals surface area contributed by atoms with Crippen LogP contribution in [-0.4, -0.2) is 19.0 Å². The molecule has 0 radical (unpaired) electrons. The molecule has 0 saturated carbocycles. The van der Waals surface area contributed by atoms with E-state index in [4.69, 9.17) is 5.26 Å². The summed E-state index contributed by atoms with van der Waals surface area (Å²) in [6, 6.07) is 5.02. The quantitative estimate of drug-likeness (QED) is 0.929. The van der Waals surface area contributed by atoms with Crippen molar-refractivity contribution in [3.63, 3.8) is 0 Å². The summed E-state index contributed by atoms with van der Waals surface area (Å²) in [7, 11) is 0. The Morgan fingerprint density at radius 1 is 1.27 bits per heavy atom. The normalized spacial score (nSPS) is 15.3. The van der Waals surface area contributed by atoms with Crippen molar-refractivity contribution in [1.29, 1.82) is 5.26 Å². The molecule has 0 unspecified atom stereocenters. The summed E-state index contributed by atoms with van der Waals surface area (Å²) in [5.41, 5.74) is -0.142. The van der Waals surface area contributed by atoms with Gasteiger partial charge < -0.3 is 10.2 Å². The van der Waals surface area contributed by atoms with Crippen molar-refractivity contribution < 1.29 is 18.0 Å². The summed E-state index contributed by atoms with van der Waals surface area (Å²) in [5, 5.41) is 10.9. The molecule has 0 spiro atoms. The standard InChI is InChI=1S/C15H16F3N3O/c16-15(17,18)11-4-5-13(21-8-2-1-3-9-21)12(10-11)20-14(22)6-7-19/h4-5,10H,1-3,6,8-9H2,(H,20,22). The van der Waals surface area contributed by atoms with Crippen LogP contribution in [0.15, 0.2) is 18.2 Å². The molecule has 1 aliphatic rings. The van der Waals surface area contributed by atoms with Crippen molar-refractivity contribution >= 4 is 17.3 Å². The van der Waals surface area contributed by atoms with Crippen LogP contribution >= 0.6 is 0 Å². The van der Waals surface area contributed by atoms with E-state index >= 15 is 0 Å². The van der Waals surface area contributed by atoms with Gasteiger partial charge in [0.25, 0.3) is 0 Å². The van der Waals surface area contributed by atoms with Gasteiger partial charge in [0.05, 0.1) is 23.0 Å². The number of nitrogens with one attached hydrogen (secondary N) is 1. The predicted molar refractivity (Wildman–Crippen MR) is 76.4 cm³/mol. The lowest BCUT2D eigenvalue weighted by molar-refractivity contribution is -0.137. The van der Waals surface area contributed by atoms with Crippen molar-refractivity contribution in [1.82, 2.24) is 0 Å². The monoisotopic (exact) mass is 311 g/mol. The predicted octanol–water partition coefficient (Wildman–Crippen LogP) is 3.55. The minimum atomic E-state index is -4.48. The molecule has 1 aromatic carbocycles. The third-order valence-corrected chi connectivity index (χ3v) is 3.53. The van der Waals surface area contributed by atoms with Gasteiger partial charge in [-0.2, -0.15) is 18.4 Å². The first-order valence-electron chi connectivity index (χ1n) is 7.05. The number of rotatable bonds is 3. The number of carbonyl (C=O) groups excluding carboxylic acids is 1. The van der Waals surface area contributed by atoms with E-state index in [9.17, 15) is 18.0 Å². The van der Waals surface area contributed by atoms with Gasteiger partial charge in [-0.25, -0.2) is 0 Å². The molecule has 118 valence electrons. The highest BCUT2D eigenvalue weighted by Crippen LogP contribution is 2.36. The second-order valence-corrected chi connectivity index (χ2v) is 5.16. The molecule has 0 aliphatic carbocycles. The van der Waals surface area contributed by atoms with Gasteiger partial charge >= 0.3 is 6.18 Å². The van der Waals surface area contributed by atoms with Crippen molar-refractivity contribution in [2.45, 2.75) is 31.9 Å². The molecular weight excluding hydrogens is 295 g/mol. The van der Waals surface area contributed by atoms with Crippen LogP contribution in [-0.2, 0) is 11.0 Å². The van der Waals surface area contributed by atoms with Crippen LogP contribution in [0.3, 0.4) is 0 Å². The van der Waals surface area contributed by atoms with E-state index in [2.05, 4.69) is 5.32 Å². The van der Waals surface area contributed by atoms with Crippen LogP contribution in [0.1, 0.15) is 31.2 Å². The molecule has 0 atom stereocenters. The molecule has 22 heavy (non-hydrogen) atoms. The zero-order valence-corrected chi connectivity index (χ0v) is 11.9. The number of alkyl halides is 3. The highest BCUT2D eigenvalue weighted by Gasteiger charge is 2.31. The summed E-state index contributed by atoms with van der Waals surface area (Å²) in [5.74, 6) is -0.611. The Labute approximate surface area is 126 Å². The Hall–Kier alpha value is -2.23. The summed E-state index contributed by atoms with van der Waals surface area (Å²) in [6.45, 7) is 1.49. The molecule has 1 N–H and O–H groups in total. The van der Waals surface area contributed by atoms with E-state index in [-0.39, 0.29) is 5.69 Å². The number of hydrogen-bond acceptors (Lipinski definition) is 3. The number of piperidine rings is 1. The van der Waals surface area contributed by atoms with Gasteiger partial charge in [-0.15, -0.1) is 0 Å². The fourth-order valence-electron chi connectivity index (χ4n) is 2.49. The molecule has 1 fully saturated rings. The van der Waals surface area contributed by atoms with E-state index in [1.54, 1.807) is 6.07 Å². The zero-order valence-electron chi connectivity index (χ0n) is 11.9. The molecular formula is C15H16F3N3O. The smallest absolute Gasteiger partial charge is 0.370 e. The molecule has 4 nitrogen and oxygen atoms in total. The third kappa shape index (κ3) is 3.91. The molecule has 1 aliphatic heterocycles. The maximum Gasteiger partial charge on any atom is 0.416 e. The number of halogens is 3. The average molecular weight is 311 g/mol. The molecule has 7 heteroatoms. The number of benzene rings is 1. The molecule has 1 aromatic rings. The number of anilines is 2. The second kappa shape index (κ2) is 6.69. The minimum absolute atomic E-state index is 0.108. The first-order valence-corrected chi connectivity index (χ1v) is 7.05. The summed E-state index contributed by atoms with van der Waals surface area (Å²) >= 11 is 0. The van der Waals surface area contributed by atoms with E-state index in [0.29, 0.717) is 5.69 Å². The lowest BCUT2D eigenvalue weighted by Crippen LogP contribution is -2.30. The van der Waals surface area contributed by atoms with Crippen molar-refractivity contribution in [3.05, 3.63) is 23.8 Å². The van der Waals surface area contributed by atoms with Crippen molar-refractivity contribution in [2.75, 3.05) is 23.3 Å². The summed E-state index contributed by atoms with van der Waals surface area (Å²) in [4.78, 5) is 13.5. The van der Waals surface area contributed by atoms with Crippen LogP contribution in [0.2, 0.25) is 0 Å². The van der Waals surface area contributed by atoms with Gasteiger partial charge in [0.2, 0.25) is 5.91 Å². The van der Waals surface area contributed by atoms with Crippen LogP contribution in [0.25, 0.3) is 0 Å². The van der Waals surface area contributed by atoms with E-state index in [1.165, 1.54) is 6.07 Å². The number of amides is 1. The highest BCUT2D eigenvalue weighted by molar-refractivity contribution is 5.95. The number of nitriles is 1. The molecule has 0 aromatic heterocycles. The molecule has 2 rings (SSSR count). The lowest BCUT2D eigenvalue weighted by Gasteiger charge is -2.31. The first-order chi connectivity index (χ1) is 10.4.